The van der Waals surface area contributed by atoms with Crippen LogP contribution in [0.25, 0.3) is 0 Å². The maximum Gasteiger partial charge on any atom is 0.0677 e. The molecule has 72 valence electrons. The molecule has 0 unspecified atom stereocenters. The minimum atomic E-state index is 0.190. The topological polar surface area (TPSA) is 35.8 Å². The largest absolute Gasteiger partial charge is 0.381 e. The molecule has 1 aromatic rings. The van der Waals surface area contributed by atoms with Crippen molar-refractivity contribution in [1.82, 2.24) is 0 Å². The molecule has 1 fully saturated rings. The maximum atomic E-state index is 8.92. The molecule has 0 saturated heterocycles. The van der Waals surface area contributed by atoms with Gasteiger partial charge in [0.1, 0.15) is 0 Å². The molecule has 1 saturated carbocycles. The van der Waals surface area contributed by atoms with Crippen molar-refractivity contribution in [3.8, 4) is 6.07 Å². The zero-order chi connectivity index (χ0) is 9.80. The molecular formula is C12H14N2. The van der Waals surface area contributed by atoms with Gasteiger partial charge in [0.05, 0.1) is 12.0 Å². The molecule has 1 aromatic carbocycles. The molecule has 2 heteroatoms. The molecule has 2 rings (SSSR count). The summed E-state index contributed by atoms with van der Waals surface area (Å²) < 4.78 is 0. The first-order chi connectivity index (χ1) is 6.90. The predicted molar refractivity (Wildman–Crippen MR) is 56.8 cm³/mol. The number of hydrogen-bond acceptors (Lipinski definition) is 2. The summed E-state index contributed by atoms with van der Waals surface area (Å²) in [5.74, 6) is 0.190. The summed E-state index contributed by atoms with van der Waals surface area (Å²) in [6.07, 6.45) is 3.33. The minimum absolute atomic E-state index is 0.190. The lowest BCUT2D eigenvalue weighted by atomic mass is 10.1. The van der Waals surface area contributed by atoms with E-state index in [2.05, 4.69) is 11.4 Å². The fourth-order valence-corrected chi connectivity index (χ4v) is 2.04. The highest BCUT2D eigenvalue weighted by Crippen LogP contribution is 2.27. The first-order valence-electron chi connectivity index (χ1n) is 5.11. The van der Waals surface area contributed by atoms with Crippen molar-refractivity contribution < 1.29 is 0 Å². The average Bonchev–Trinajstić information content (AvgIpc) is 2.67. The van der Waals surface area contributed by atoms with Crippen molar-refractivity contribution in [3.05, 3.63) is 30.3 Å². The molecule has 0 aromatic heterocycles. The SMILES string of the molecule is N#C[C@@H]1CCC[C@@H]1Nc1ccccc1. The number of nitrogens with zero attached hydrogens (tertiary/aromatic N) is 1. The molecule has 1 aliphatic rings. The second-order valence-electron chi connectivity index (χ2n) is 3.78. The van der Waals surface area contributed by atoms with Crippen LogP contribution in [0.2, 0.25) is 0 Å². The highest BCUT2D eigenvalue weighted by Gasteiger charge is 2.26. The summed E-state index contributed by atoms with van der Waals surface area (Å²) >= 11 is 0. The Morgan fingerprint density at radius 3 is 2.71 bits per heavy atom. The average molecular weight is 186 g/mol. The van der Waals surface area contributed by atoms with Gasteiger partial charge in [-0.2, -0.15) is 5.26 Å². The van der Waals surface area contributed by atoms with E-state index in [-0.39, 0.29) is 5.92 Å². The Morgan fingerprint density at radius 2 is 2.00 bits per heavy atom. The Bertz CT molecular complexity index is 326. The molecule has 0 aliphatic heterocycles. The molecule has 1 N–H and O–H groups in total. The predicted octanol–water partition coefficient (Wildman–Crippen LogP) is 2.79. The fourth-order valence-electron chi connectivity index (χ4n) is 2.04. The standard InChI is InChI=1S/C12H14N2/c13-9-10-5-4-8-12(10)14-11-6-2-1-3-7-11/h1-3,6-7,10,12,14H,4-5,8H2/t10-,12-/m0/s1. The molecular weight excluding hydrogens is 172 g/mol. The lowest BCUT2D eigenvalue weighted by molar-refractivity contribution is 0.630. The van der Waals surface area contributed by atoms with Crippen LogP contribution in [0.15, 0.2) is 30.3 Å². The van der Waals surface area contributed by atoms with Gasteiger partial charge in [-0.15, -0.1) is 0 Å². The van der Waals surface area contributed by atoms with Crippen LogP contribution in [0.5, 0.6) is 0 Å². The van der Waals surface area contributed by atoms with Crippen LogP contribution in [0.3, 0.4) is 0 Å². The number of para-hydroxylation sites is 1. The van der Waals surface area contributed by atoms with Crippen LogP contribution in [-0.4, -0.2) is 6.04 Å². The number of nitrogens with one attached hydrogen (secondary N) is 1. The molecule has 0 heterocycles. The van der Waals surface area contributed by atoms with E-state index < -0.39 is 0 Å². The summed E-state index contributed by atoms with van der Waals surface area (Å²) in [4.78, 5) is 0. The molecule has 0 amide bonds. The van der Waals surface area contributed by atoms with Gasteiger partial charge in [0.2, 0.25) is 0 Å². The first-order valence-corrected chi connectivity index (χ1v) is 5.11. The third-order valence-corrected chi connectivity index (χ3v) is 2.81. The number of hydrogen-bond donors (Lipinski definition) is 1. The third-order valence-electron chi connectivity index (χ3n) is 2.81. The summed E-state index contributed by atoms with van der Waals surface area (Å²) in [6, 6.07) is 12.8. The van der Waals surface area contributed by atoms with Crippen LogP contribution < -0.4 is 5.32 Å². The van der Waals surface area contributed by atoms with Crippen LogP contribution in [-0.2, 0) is 0 Å². The van der Waals surface area contributed by atoms with Gasteiger partial charge in [-0.05, 0) is 31.4 Å². The van der Waals surface area contributed by atoms with Crippen molar-refractivity contribution in [3.63, 3.8) is 0 Å². The number of nitriles is 1. The fraction of sp³-hybridized carbons (Fsp3) is 0.417. The highest BCUT2D eigenvalue weighted by atomic mass is 14.9. The Kier molecular flexibility index (Phi) is 2.69. The van der Waals surface area contributed by atoms with Gasteiger partial charge in [0.15, 0.2) is 0 Å². The van der Waals surface area contributed by atoms with Crippen molar-refractivity contribution in [2.75, 3.05) is 5.32 Å². The second-order valence-corrected chi connectivity index (χ2v) is 3.78. The normalized spacial score (nSPS) is 25.6. The molecule has 2 atom stereocenters. The van der Waals surface area contributed by atoms with Crippen molar-refractivity contribution >= 4 is 5.69 Å². The Labute approximate surface area is 84.6 Å². The van der Waals surface area contributed by atoms with Gasteiger partial charge in [-0.3, -0.25) is 0 Å². The lowest BCUT2D eigenvalue weighted by Crippen LogP contribution is -2.22. The minimum Gasteiger partial charge on any atom is -0.381 e. The molecule has 0 radical (unpaired) electrons. The smallest absolute Gasteiger partial charge is 0.0677 e. The first kappa shape index (κ1) is 9.08. The van der Waals surface area contributed by atoms with Gasteiger partial charge < -0.3 is 5.32 Å². The van der Waals surface area contributed by atoms with E-state index in [1.807, 2.05) is 30.3 Å². The van der Waals surface area contributed by atoms with E-state index in [1.54, 1.807) is 0 Å². The third kappa shape index (κ3) is 1.88. The van der Waals surface area contributed by atoms with Crippen LogP contribution in [0.1, 0.15) is 19.3 Å². The Balaban J connectivity index is 2.01. The van der Waals surface area contributed by atoms with Crippen molar-refractivity contribution in [2.24, 2.45) is 5.92 Å². The van der Waals surface area contributed by atoms with Crippen LogP contribution >= 0.6 is 0 Å². The van der Waals surface area contributed by atoms with Gasteiger partial charge in [-0.1, -0.05) is 18.2 Å². The van der Waals surface area contributed by atoms with Gasteiger partial charge in [-0.25, -0.2) is 0 Å². The van der Waals surface area contributed by atoms with Crippen LogP contribution in [0.4, 0.5) is 5.69 Å². The number of benzene rings is 1. The summed E-state index contributed by atoms with van der Waals surface area (Å²) in [6.45, 7) is 0. The van der Waals surface area contributed by atoms with Crippen LogP contribution in [0, 0.1) is 17.2 Å². The summed E-state index contributed by atoms with van der Waals surface area (Å²) in [5, 5.41) is 12.3. The summed E-state index contributed by atoms with van der Waals surface area (Å²) in [7, 11) is 0. The monoisotopic (exact) mass is 186 g/mol. The highest BCUT2D eigenvalue weighted by molar-refractivity contribution is 5.44. The van der Waals surface area contributed by atoms with E-state index in [0.717, 1.165) is 18.5 Å². The van der Waals surface area contributed by atoms with E-state index in [1.165, 1.54) is 6.42 Å². The maximum absolute atomic E-state index is 8.92. The van der Waals surface area contributed by atoms with Gasteiger partial charge in [0, 0.05) is 11.7 Å². The second kappa shape index (κ2) is 4.15. The Hall–Kier alpha value is -1.49. The number of anilines is 1. The zero-order valence-electron chi connectivity index (χ0n) is 8.11. The van der Waals surface area contributed by atoms with Gasteiger partial charge in [0.25, 0.3) is 0 Å². The molecule has 1 aliphatic carbocycles. The quantitative estimate of drug-likeness (QED) is 0.770. The molecule has 0 spiro atoms. The zero-order valence-corrected chi connectivity index (χ0v) is 8.11. The van der Waals surface area contributed by atoms with Crippen molar-refractivity contribution in [2.45, 2.75) is 25.3 Å². The Morgan fingerprint density at radius 1 is 1.21 bits per heavy atom. The van der Waals surface area contributed by atoms with Crippen molar-refractivity contribution in [1.29, 1.82) is 5.26 Å². The molecule has 0 bridgehead atoms. The van der Waals surface area contributed by atoms with E-state index >= 15 is 0 Å². The van der Waals surface area contributed by atoms with E-state index in [4.69, 9.17) is 5.26 Å². The van der Waals surface area contributed by atoms with E-state index in [9.17, 15) is 0 Å². The van der Waals surface area contributed by atoms with E-state index in [0.29, 0.717) is 6.04 Å². The molecule has 14 heavy (non-hydrogen) atoms. The molecule has 2 nitrogen and oxygen atoms in total. The summed E-state index contributed by atoms with van der Waals surface area (Å²) in [5.41, 5.74) is 1.12. The van der Waals surface area contributed by atoms with Gasteiger partial charge >= 0.3 is 0 Å². The number of rotatable bonds is 2. The lowest BCUT2D eigenvalue weighted by Gasteiger charge is -2.16.